The van der Waals surface area contributed by atoms with Gasteiger partial charge in [0.15, 0.2) is 11.9 Å². The summed E-state index contributed by atoms with van der Waals surface area (Å²) in [5.74, 6) is -0.606. The first kappa shape index (κ1) is 21.0. The Morgan fingerprint density at radius 2 is 1.66 bits per heavy atom. The molecule has 4 N–H and O–H groups in total. The number of phenols is 1. The zero-order valence-electron chi connectivity index (χ0n) is 17.7. The van der Waals surface area contributed by atoms with E-state index in [0.29, 0.717) is 16.8 Å². The van der Waals surface area contributed by atoms with Gasteiger partial charge in [-0.2, -0.15) is 5.10 Å². The number of hydrogen-bond acceptors (Lipinski definition) is 6. The molecule has 0 spiro atoms. The minimum atomic E-state index is -0.911. The molecule has 32 heavy (non-hydrogen) atoms. The Morgan fingerprint density at radius 1 is 0.969 bits per heavy atom. The summed E-state index contributed by atoms with van der Waals surface area (Å²) in [6.45, 7) is 3.71. The highest BCUT2D eigenvalue weighted by Gasteiger charge is 2.24. The molecule has 0 saturated carbocycles. The second-order valence-electron chi connectivity index (χ2n) is 7.86. The molecule has 4 rings (SSSR count). The summed E-state index contributed by atoms with van der Waals surface area (Å²) in [7, 11) is 0. The fourth-order valence-corrected chi connectivity index (χ4v) is 3.64. The molecule has 4 aromatic rings. The normalized spacial score (nSPS) is 12.1. The highest BCUT2D eigenvalue weighted by atomic mass is 16.4. The van der Waals surface area contributed by atoms with Gasteiger partial charge in [-0.15, -0.1) is 10.2 Å². The lowest BCUT2D eigenvalue weighted by Crippen LogP contribution is -2.24. The highest BCUT2D eigenvalue weighted by Crippen LogP contribution is 2.33. The van der Waals surface area contributed by atoms with Crippen LogP contribution in [0.25, 0.3) is 33.5 Å². The number of rotatable bonds is 6. The molecule has 0 aliphatic rings. The second kappa shape index (κ2) is 8.50. The zero-order valence-corrected chi connectivity index (χ0v) is 17.7. The van der Waals surface area contributed by atoms with Gasteiger partial charge in [0.25, 0.3) is 0 Å². The van der Waals surface area contributed by atoms with Crippen molar-refractivity contribution in [1.82, 2.24) is 20.0 Å². The SMILES string of the molecule is CC(C)C(C(=O)O)n1cc(-c2ccc(-c3cc(-c4ccccc4O)nnc3N)cc2)cn1. The van der Waals surface area contributed by atoms with Crippen LogP contribution in [0.15, 0.2) is 67.0 Å². The number of nitrogens with zero attached hydrogens (tertiary/aromatic N) is 4. The van der Waals surface area contributed by atoms with E-state index in [0.717, 1.165) is 16.7 Å². The van der Waals surface area contributed by atoms with Crippen LogP contribution in [-0.2, 0) is 4.79 Å². The second-order valence-corrected chi connectivity index (χ2v) is 7.86. The van der Waals surface area contributed by atoms with Crippen molar-refractivity contribution in [2.24, 2.45) is 5.92 Å². The summed E-state index contributed by atoms with van der Waals surface area (Å²) in [6, 6.07) is 15.6. The molecule has 1 unspecified atom stereocenters. The summed E-state index contributed by atoms with van der Waals surface area (Å²) in [5.41, 5.74) is 10.4. The maximum atomic E-state index is 11.6. The number of carbonyl (C=O) groups is 1. The average Bonchev–Trinajstić information content (AvgIpc) is 3.24. The minimum absolute atomic E-state index is 0.0944. The molecule has 2 heterocycles. The van der Waals surface area contributed by atoms with Gasteiger partial charge in [0, 0.05) is 22.9 Å². The lowest BCUT2D eigenvalue weighted by molar-refractivity contribution is -0.142. The first-order chi connectivity index (χ1) is 15.3. The molecule has 2 aromatic carbocycles. The van der Waals surface area contributed by atoms with Gasteiger partial charge in [0.2, 0.25) is 0 Å². The largest absolute Gasteiger partial charge is 0.507 e. The predicted octanol–water partition coefficient (Wildman–Crippen LogP) is 4.24. The van der Waals surface area contributed by atoms with Crippen LogP contribution in [-0.4, -0.2) is 36.2 Å². The predicted molar refractivity (Wildman–Crippen MR) is 122 cm³/mol. The van der Waals surface area contributed by atoms with Crippen LogP contribution >= 0.6 is 0 Å². The number of benzene rings is 2. The Labute approximate surface area is 185 Å². The first-order valence-electron chi connectivity index (χ1n) is 10.1. The fourth-order valence-electron chi connectivity index (χ4n) is 3.64. The number of anilines is 1. The molecule has 2 aromatic heterocycles. The Hall–Kier alpha value is -4.20. The van der Waals surface area contributed by atoms with E-state index in [1.54, 1.807) is 36.7 Å². The Kier molecular flexibility index (Phi) is 5.59. The molecule has 0 aliphatic heterocycles. The van der Waals surface area contributed by atoms with Crippen molar-refractivity contribution in [2.75, 3.05) is 5.73 Å². The zero-order chi connectivity index (χ0) is 22.8. The van der Waals surface area contributed by atoms with Gasteiger partial charge in [-0.05, 0) is 35.2 Å². The van der Waals surface area contributed by atoms with Crippen LogP contribution < -0.4 is 5.73 Å². The van der Waals surface area contributed by atoms with Gasteiger partial charge in [-0.3, -0.25) is 4.68 Å². The molecule has 0 saturated heterocycles. The quantitative estimate of drug-likeness (QED) is 0.418. The Bertz CT molecular complexity index is 1260. The number of carboxylic acids is 1. The summed E-state index contributed by atoms with van der Waals surface area (Å²) < 4.78 is 1.49. The molecule has 8 heteroatoms. The summed E-state index contributed by atoms with van der Waals surface area (Å²) >= 11 is 0. The molecular formula is C24H23N5O3. The molecule has 162 valence electrons. The maximum Gasteiger partial charge on any atom is 0.328 e. The number of carboxylic acid groups (broad SMARTS) is 1. The van der Waals surface area contributed by atoms with Crippen molar-refractivity contribution >= 4 is 11.8 Å². The van der Waals surface area contributed by atoms with Gasteiger partial charge in [-0.1, -0.05) is 50.2 Å². The molecule has 8 nitrogen and oxygen atoms in total. The smallest absolute Gasteiger partial charge is 0.328 e. The van der Waals surface area contributed by atoms with Gasteiger partial charge >= 0.3 is 5.97 Å². The number of phenolic OH excluding ortho intramolecular Hbond substituents is 1. The van der Waals surface area contributed by atoms with Crippen molar-refractivity contribution in [1.29, 1.82) is 0 Å². The van der Waals surface area contributed by atoms with Crippen molar-refractivity contribution in [2.45, 2.75) is 19.9 Å². The van der Waals surface area contributed by atoms with E-state index in [4.69, 9.17) is 5.73 Å². The third-order valence-electron chi connectivity index (χ3n) is 5.30. The number of hydrogen-bond donors (Lipinski definition) is 3. The summed E-state index contributed by atoms with van der Waals surface area (Å²) in [5, 5.41) is 32.0. The molecule has 0 bridgehead atoms. The molecule has 0 amide bonds. The van der Waals surface area contributed by atoms with Gasteiger partial charge in [-0.25, -0.2) is 4.79 Å². The van der Waals surface area contributed by atoms with Crippen molar-refractivity contribution in [3.05, 3.63) is 67.0 Å². The van der Waals surface area contributed by atoms with E-state index in [-0.39, 0.29) is 17.5 Å². The standard InChI is InChI=1S/C24H23N5O3/c1-14(2)22(24(31)32)29-13-17(12-26-29)15-7-9-16(10-8-15)19-11-20(27-28-23(19)25)18-5-3-4-6-21(18)30/h3-14,22,30H,1-2H3,(H2,25,28)(H,31,32). The highest BCUT2D eigenvalue weighted by molar-refractivity contribution is 5.80. The monoisotopic (exact) mass is 429 g/mol. The third kappa shape index (κ3) is 4.02. The Morgan fingerprint density at radius 3 is 2.31 bits per heavy atom. The summed E-state index contributed by atoms with van der Waals surface area (Å²) in [4.78, 5) is 11.6. The maximum absolute atomic E-state index is 11.6. The van der Waals surface area contributed by atoms with Gasteiger partial charge < -0.3 is 15.9 Å². The van der Waals surface area contributed by atoms with Crippen molar-refractivity contribution in [3.8, 4) is 39.3 Å². The average molecular weight is 429 g/mol. The van der Waals surface area contributed by atoms with Gasteiger partial charge in [0.05, 0.1) is 11.9 Å². The first-order valence-corrected chi connectivity index (χ1v) is 10.1. The fraction of sp³-hybridized carbons (Fsp3) is 0.167. The number of aromatic nitrogens is 4. The molecule has 0 fully saturated rings. The van der Waals surface area contributed by atoms with E-state index in [9.17, 15) is 15.0 Å². The summed E-state index contributed by atoms with van der Waals surface area (Å²) in [6.07, 6.45) is 3.40. The van der Waals surface area contributed by atoms with E-state index in [2.05, 4.69) is 15.3 Å². The lowest BCUT2D eigenvalue weighted by Gasteiger charge is -2.16. The van der Waals surface area contributed by atoms with E-state index < -0.39 is 12.0 Å². The van der Waals surface area contributed by atoms with E-state index >= 15 is 0 Å². The van der Waals surface area contributed by atoms with Crippen LogP contribution in [0.2, 0.25) is 0 Å². The topological polar surface area (TPSA) is 127 Å². The molecule has 0 radical (unpaired) electrons. The number of para-hydroxylation sites is 1. The van der Waals surface area contributed by atoms with E-state index in [1.165, 1.54) is 4.68 Å². The molecular weight excluding hydrogens is 406 g/mol. The number of nitrogens with two attached hydrogens (primary N) is 1. The molecule has 0 aliphatic carbocycles. The van der Waals surface area contributed by atoms with Crippen molar-refractivity contribution in [3.63, 3.8) is 0 Å². The number of aliphatic carboxylic acids is 1. The van der Waals surface area contributed by atoms with Crippen LogP contribution in [0.3, 0.4) is 0 Å². The third-order valence-corrected chi connectivity index (χ3v) is 5.30. The lowest BCUT2D eigenvalue weighted by atomic mass is 10.0. The minimum Gasteiger partial charge on any atom is -0.507 e. The van der Waals surface area contributed by atoms with Gasteiger partial charge in [0.1, 0.15) is 5.75 Å². The molecule has 1 atom stereocenters. The van der Waals surface area contributed by atoms with Crippen LogP contribution in [0.4, 0.5) is 5.82 Å². The van der Waals surface area contributed by atoms with Crippen molar-refractivity contribution < 1.29 is 15.0 Å². The van der Waals surface area contributed by atoms with E-state index in [1.807, 2.05) is 44.2 Å². The Balaban J connectivity index is 1.65. The number of nitrogen functional groups attached to an aromatic ring is 1. The van der Waals surface area contributed by atoms with Crippen LogP contribution in [0, 0.1) is 5.92 Å². The van der Waals surface area contributed by atoms with Crippen LogP contribution in [0.5, 0.6) is 5.75 Å². The number of aromatic hydroxyl groups is 1. The van der Waals surface area contributed by atoms with Crippen LogP contribution in [0.1, 0.15) is 19.9 Å².